The van der Waals surface area contributed by atoms with Crippen molar-refractivity contribution in [3.63, 3.8) is 0 Å². The van der Waals surface area contributed by atoms with Gasteiger partial charge in [0.25, 0.3) is 0 Å². The highest BCUT2D eigenvalue weighted by Crippen LogP contribution is 2.42. The molecule has 0 aromatic rings. The molecular weight excluding hydrogens is 284 g/mol. The van der Waals surface area contributed by atoms with Gasteiger partial charge in [0.2, 0.25) is 0 Å². The Morgan fingerprint density at radius 1 is 1.05 bits per heavy atom. The van der Waals surface area contributed by atoms with Crippen molar-refractivity contribution < 1.29 is 19.4 Å². The normalized spacial score (nSPS) is 25.7. The molecule has 1 saturated heterocycles. The van der Waals surface area contributed by atoms with Crippen molar-refractivity contribution in [2.24, 2.45) is 5.92 Å². The molecular formula is C16H34O4Si. The van der Waals surface area contributed by atoms with Crippen molar-refractivity contribution in [3.8, 4) is 0 Å². The van der Waals surface area contributed by atoms with E-state index < -0.39 is 14.4 Å². The van der Waals surface area contributed by atoms with Crippen LogP contribution in [-0.2, 0) is 9.16 Å². The fourth-order valence-electron chi connectivity index (χ4n) is 3.95. The second kappa shape index (κ2) is 7.55. The molecule has 0 spiro atoms. The summed E-state index contributed by atoms with van der Waals surface area (Å²) in [6, 6.07) is 0. The van der Waals surface area contributed by atoms with E-state index in [2.05, 4.69) is 41.5 Å². The van der Waals surface area contributed by atoms with Gasteiger partial charge in [-0.15, -0.1) is 0 Å². The number of hydrogen-bond donors (Lipinski definition) is 2. The maximum Gasteiger partial charge on any atom is 0.200 e. The molecule has 4 nitrogen and oxygen atoms in total. The second-order valence-electron chi connectivity index (χ2n) is 7.35. The molecule has 5 heteroatoms. The Morgan fingerprint density at radius 2 is 1.48 bits per heavy atom. The maximum atomic E-state index is 10.4. The number of hydrogen-bond acceptors (Lipinski definition) is 4. The van der Waals surface area contributed by atoms with E-state index in [0.717, 1.165) is 0 Å². The fraction of sp³-hybridized carbons (Fsp3) is 1.00. The van der Waals surface area contributed by atoms with Gasteiger partial charge in [0.05, 0.1) is 31.5 Å². The lowest BCUT2D eigenvalue weighted by Crippen LogP contribution is -2.50. The van der Waals surface area contributed by atoms with Crippen LogP contribution in [0.2, 0.25) is 16.6 Å². The molecule has 1 rings (SSSR count). The Morgan fingerprint density at radius 3 is 1.76 bits per heavy atom. The van der Waals surface area contributed by atoms with E-state index in [1.165, 1.54) is 0 Å². The monoisotopic (exact) mass is 318 g/mol. The lowest BCUT2D eigenvalue weighted by Gasteiger charge is -2.43. The van der Waals surface area contributed by atoms with Crippen molar-refractivity contribution in [2.45, 2.75) is 83.4 Å². The van der Waals surface area contributed by atoms with E-state index in [0.29, 0.717) is 23.2 Å². The molecule has 21 heavy (non-hydrogen) atoms. The van der Waals surface area contributed by atoms with Gasteiger partial charge in [-0.1, -0.05) is 41.5 Å². The molecule has 126 valence electrons. The van der Waals surface area contributed by atoms with Gasteiger partial charge in [0.1, 0.15) is 0 Å². The van der Waals surface area contributed by atoms with E-state index in [-0.39, 0.29) is 24.7 Å². The predicted molar refractivity (Wildman–Crippen MR) is 87.9 cm³/mol. The van der Waals surface area contributed by atoms with Gasteiger partial charge >= 0.3 is 0 Å². The van der Waals surface area contributed by atoms with Crippen LogP contribution < -0.4 is 0 Å². The Labute approximate surface area is 131 Å². The van der Waals surface area contributed by atoms with Crippen LogP contribution in [0.25, 0.3) is 0 Å². The summed E-state index contributed by atoms with van der Waals surface area (Å²) in [5.74, 6) is -0.238. The third-order valence-electron chi connectivity index (χ3n) is 5.10. The standard InChI is InChI=1S/C16H34O4Si/c1-10(2)21(11(3)4,12(5)6)19-9-15(18)14(8-17)16-13(7)20-16/h10-18H,8-9H2,1-7H3/t13-,14-,15-,16-/m0/s1. The summed E-state index contributed by atoms with van der Waals surface area (Å²) in [6.45, 7) is 15.6. The average molecular weight is 319 g/mol. The van der Waals surface area contributed by atoms with Crippen LogP contribution in [0.1, 0.15) is 48.5 Å². The highest BCUT2D eigenvalue weighted by molar-refractivity contribution is 6.77. The Kier molecular flexibility index (Phi) is 6.87. The van der Waals surface area contributed by atoms with Crippen molar-refractivity contribution in [1.82, 2.24) is 0 Å². The molecule has 0 aliphatic carbocycles. The van der Waals surface area contributed by atoms with Crippen molar-refractivity contribution in [2.75, 3.05) is 13.2 Å². The van der Waals surface area contributed by atoms with Gasteiger partial charge < -0.3 is 19.4 Å². The van der Waals surface area contributed by atoms with Gasteiger partial charge in [-0.2, -0.15) is 0 Å². The molecule has 1 aliphatic rings. The molecule has 0 bridgehead atoms. The molecule has 1 heterocycles. The molecule has 4 atom stereocenters. The third-order valence-corrected chi connectivity index (χ3v) is 11.2. The first-order valence-corrected chi connectivity index (χ1v) is 10.4. The third kappa shape index (κ3) is 4.08. The summed E-state index contributed by atoms with van der Waals surface area (Å²) in [6.07, 6.45) is -0.547. The first-order chi connectivity index (χ1) is 9.68. The van der Waals surface area contributed by atoms with Crippen LogP contribution in [0, 0.1) is 5.92 Å². The highest BCUT2D eigenvalue weighted by atomic mass is 28.4. The molecule has 0 unspecified atom stereocenters. The fourth-order valence-corrected chi connectivity index (χ4v) is 9.41. The van der Waals surface area contributed by atoms with Gasteiger partial charge in [-0.05, 0) is 23.5 Å². The van der Waals surface area contributed by atoms with E-state index in [4.69, 9.17) is 9.16 Å². The van der Waals surface area contributed by atoms with Crippen LogP contribution in [0.3, 0.4) is 0 Å². The molecule has 0 radical (unpaired) electrons. The Hall–Kier alpha value is 0.0569. The molecule has 1 fully saturated rings. The van der Waals surface area contributed by atoms with Crippen LogP contribution >= 0.6 is 0 Å². The molecule has 0 saturated carbocycles. The highest BCUT2D eigenvalue weighted by Gasteiger charge is 2.48. The molecule has 1 aliphatic heterocycles. The van der Waals surface area contributed by atoms with E-state index in [1.54, 1.807) is 0 Å². The van der Waals surface area contributed by atoms with E-state index >= 15 is 0 Å². The first kappa shape index (κ1) is 19.1. The largest absolute Gasteiger partial charge is 0.413 e. The van der Waals surface area contributed by atoms with Crippen molar-refractivity contribution >= 4 is 8.32 Å². The summed E-state index contributed by atoms with van der Waals surface area (Å²) >= 11 is 0. The zero-order chi connectivity index (χ0) is 16.4. The van der Waals surface area contributed by atoms with Gasteiger partial charge in [0, 0.05) is 5.92 Å². The first-order valence-electron chi connectivity index (χ1n) is 8.26. The zero-order valence-electron chi connectivity index (χ0n) is 14.7. The molecule has 2 N–H and O–H groups in total. The SMILES string of the molecule is CC(C)[Si](OC[C@H](O)[C@H](CO)[C@H]1O[C@H]1C)(C(C)C)C(C)C. The summed E-state index contributed by atoms with van der Waals surface area (Å²) in [5, 5.41) is 19.9. The van der Waals surface area contributed by atoms with Crippen molar-refractivity contribution in [3.05, 3.63) is 0 Å². The number of aliphatic hydroxyl groups excluding tert-OH is 2. The molecule has 0 aromatic carbocycles. The van der Waals surface area contributed by atoms with Crippen LogP contribution in [0.15, 0.2) is 0 Å². The number of epoxide rings is 1. The maximum absolute atomic E-state index is 10.4. The lowest BCUT2D eigenvalue weighted by atomic mass is 9.98. The number of rotatable bonds is 9. The minimum absolute atomic E-state index is 0.0261. The average Bonchev–Trinajstić information content (AvgIpc) is 3.06. The molecule has 0 amide bonds. The summed E-state index contributed by atoms with van der Waals surface area (Å²) in [5.41, 5.74) is 1.48. The van der Waals surface area contributed by atoms with Crippen LogP contribution in [-0.4, -0.2) is 50.1 Å². The Balaban J connectivity index is 2.72. The number of aliphatic hydroxyl groups is 2. The second-order valence-corrected chi connectivity index (χ2v) is 12.8. The van der Waals surface area contributed by atoms with E-state index in [1.807, 2.05) is 6.92 Å². The zero-order valence-corrected chi connectivity index (χ0v) is 15.7. The van der Waals surface area contributed by atoms with Crippen LogP contribution in [0.4, 0.5) is 0 Å². The van der Waals surface area contributed by atoms with Gasteiger partial charge in [-0.3, -0.25) is 0 Å². The molecule has 0 aromatic heterocycles. The minimum Gasteiger partial charge on any atom is -0.413 e. The summed E-state index contributed by atoms with van der Waals surface area (Å²) < 4.78 is 11.8. The minimum atomic E-state index is -1.96. The number of ether oxygens (including phenoxy) is 1. The summed E-state index contributed by atoms with van der Waals surface area (Å²) in [7, 11) is -1.96. The topological polar surface area (TPSA) is 62.2 Å². The smallest absolute Gasteiger partial charge is 0.200 e. The Bertz CT molecular complexity index is 298. The lowest BCUT2D eigenvalue weighted by molar-refractivity contribution is 0.0134. The van der Waals surface area contributed by atoms with Crippen molar-refractivity contribution in [1.29, 1.82) is 0 Å². The summed E-state index contributed by atoms with van der Waals surface area (Å²) in [4.78, 5) is 0. The van der Waals surface area contributed by atoms with E-state index in [9.17, 15) is 10.2 Å². The van der Waals surface area contributed by atoms with Gasteiger partial charge in [0.15, 0.2) is 8.32 Å². The quantitative estimate of drug-likeness (QED) is 0.507. The van der Waals surface area contributed by atoms with Gasteiger partial charge in [-0.25, -0.2) is 0 Å². The van der Waals surface area contributed by atoms with Crippen LogP contribution in [0.5, 0.6) is 0 Å². The predicted octanol–water partition coefficient (Wildman–Crippen LogP) is 2.94.